The van der Waals surface area contributed by atoms with Gasteiger partial charge in [-0.1, -0.05) is 0 Å². The summed E-state index contributed by atoms with van der Waals surface area (Å²) in [4.78, 5) is 11.1. The number of hydrogen-bond donors (Lipinski definition) is 3. The van der Waals surface area contributed by atoms with Crippen LogP contribution < -0.4 is 5.32 Å². The van der Waals surface area contributed by atoms with Gasteiger partial charge in [-0.2, -0.15) is 5.06 Å². The zero-order chi connectivity index (χ0) is 11.9. The standard InChI is InChI=1S/C10H20N2O3/c1-9(2)5-7(11-8(14)6-13)10(3,4)12(9)15/h7,13,15H,5-6H2,1-4H3,(H,11,14). The highest BCUT2D eigenvalue weighted by Gasteiger charge is 2.51. The van der Waals surface area contributed by atoms with Crippen LogP contribution in [0, 0.1) is 0 Å². The lowest BCUT2D eigenvalue weighted by Crippen LogP contribution is -2.53. The van der Waals surface area contributed by atoms with E-state index < -0.39 is 18.1 Å². The molecule has 1 rings (SSSR count). The molecule has 0 saturated carbocycles. The van der Waals surface area contributed by atoms with E-state index in [1.807, 2.05) is 27.7 Å². The maximum Gasteiger partial charge on any atom is 0.245 e. The average Bonchev–Trinajstić information content (AvgIpc) is 2.27. The number of nitrogens with one attached hydrogen (secondary N) is 1. The SMILES string of the molecule is CC1(C)CC(NC(=O)CO)C(C)(C)N1O. The summed E-state index contributed by atoms with van der Waals surface area (Å²) >= 11 is 0. The van der Waals surface area contributed by atoms with Gasteiger partial charge >= 0.3 is 0 Å². The van der Waals surface area contributed by atoms with E-state index in [2.05, 4.69) is 5.32 Å². The van der Waals surface area contributed by atoms with Crippen LogP contribution in [-0.4, -0.2) is 45.0 Å². The highest BCUT2D eigenvalue weighted by molar-refractivity contribution is 5.77. The van der Waals surface area contributed by atoms with Gasteiger partial charge in [-0.05, 0) is 34.1 Å². The van der Waals surface area contributed by atoms with Crippen LogP contribution in [0.4, 0.5) is 0 Å². The van der Waals surface area contributed by atoms with Crippen molar-refractivity contribution < 1.29 is 15.1 Å². The first kappa shape index (κ1) is 12.4. The number of rotatable bonds is 2. The maximum atomic E-state index is 11.1. The van der Waals surface area contributed by atoms with Crippen LogP contribution in [-0.2, 0) is 4.79 Å². The second-order valence-corrected chi connectivity index (χ2v) is 5.26. The molecule has 3 N–H and O–H groups in total. The molecule has 0 aromatic carbocycles. The molecule has 1 unspecified atom stereocenters. The Hall–Kier alpha value is -0.650. The maximum absolute atomic E-state index is 11.1. The van der Waals surface area contributed by atoms with E-state index in [4.69, 9.17) is 5.11 Å². The van der Waals surface area contributed by atoms with E-state index in [0.717, 1.165) is 0 Å². The van der Waals surface area contributed by atoms with Gasteiger partial charge in [0.2, 0.25) is 5.91 Å². The topological polar surface area (TPSA) is 72.8 Å². The number of nitrogens with zero attached hydrogens (tertiary/aromatic N) is 1. The Labute approximate surface area is 90.0 Å². The van der Waals surface area contributed by atoms with Crippen molar-refractivity contribution in [3.05, 3.63) is 0 Å². The monoisotopic (exact) mass is 216 g/mol. The quantitative estimate of drug-likeness (QED) is 0.613. The first-order valence-electron chi connectivity index (χ1n) is 5.11. The van der Waals surface area contributed by atoms with Gasteiger partial charge in [0.15, 0.2) is 0 Å². The normalized spacial score (nSPS) is 29.1. The van der Waals surface area contributed by atoms with E-state index in [9.17, 15) is 10.0 Å². The lowest BCUT2D eigenvalue weighted by Gasteiger charge is -2.35. The molecule has 0 bridgehead atoms. The largest absolute Gasteiger partial charge is 0.387 e. The summed E-state index contributed by atoms with van der Waals surface area (Å²) in [5.74, 6) is -0.404. The van der Waals surface area contributed by atoms with Crippen molar-refractivity contribution in [2.75, 3.05) is 6.61 Å². The zero-order valence-electron chi connectivity index (χ0n) is 9.74. The van der Waals surface area contributed by atoms with Crippen molar-refractivity contribution in [1.29, 1.82) is 0 Å². The molecule has 1 heterocycles. The van der Waals surface area contributed by atoms with E-state index in [-0.39, 0.29) is 11.6 Å². The summed E-state index contributed by atoms with van der Waals surface area (Å²) in [7, 11) is 0. The molecule has 88 valence electrons. The second-order valence-electron chi connectivity index (χ2n) is 5.26. The average molecular weight is 216 g/mol. The number of aliphatic hydroxyl groups excluding tert-OH is 1. The van der Waals surface area contributed by atoms with Gasteiger partial charge in [-0.3, -0.25) is 4.79 Å². The van der Waals surface area contributed by atoms with Crippen LogP contribution in [0.15, 0.2) is 0 Å². The van der Waals surface area contributed by atoms with Gasteiger partial charge in [0.25, 0.3) is 0 Å². The van der Waals surface area contributed by atoms with Gasteiger partial charge in [0.05, 0.1) is 11.6 Å². The van der Waals surface area contributed by atoms with Crippen molar-refractivity contribution in [2.45, 2.75) is 51.2 Å². The smallest absolute Gasteiger partial charge is 0.245 e. The van der Waals surface area contributed by atoms with Crippen LogP contribution in [0.5, 0.6) is 0 Å². The molecule has 1 aliphatic heterocycles. The molecule has 0 radical (unpaired) electrons. The lowest BCUT2D eigenvalue weighted by atomic mass is 9.94. The molecule has 0 aromatic rings. The van der Waals surface area contributed by atoms with E-state index in [1.165, 1.54) is 5.06 Å². The molecule has 1 aliphatic rings. The molecule has 5 heteroatoms. The van der Waals surface area contributed by atoms with Gasteiger partial charge in [-0.25, -0.2) is 0 Å². The molecule has 1 fully saturated rings. The Bertz CT molecular complexity index is 263. The van der Waals surface area contributed by atoms with Gasteiger partial charge < -0.3 is 15.6 Å². The Morgan fingerprint density at radius 1 is 1.47 bits per heavy atom. The van der Waals surface area contributed by atoms with E-state index in [1.54, 1.807) is 0 Å². The predicted octanol–water partition coefficient (Wildman–Crippen LogP) is 0.116. The van der Waals surface area contributed by atoms with Gasteiger partial charge in [-0.15, -0.1) is 0 Å². The Morgan fingerprint density at radius 3 is 2.33 bits per heavy atom. The molecule has 15 heavy (non-hydrogen) atoms. The lowest BCUT2D eigenvalue weighted by molar-refractivity contribution is -0.194. The van der Waals surface area contributed by atoms with Crippen molar-refractivity contribution in [3.8, 4) is 0 Å². The third kappa shape index (κ3) is 2.14. The minimum atomic E-state index is -0.520. The summed E-state index contributed by atoms with van der Waals surface area (Å²) in [6, 6.07) is -0.155. The van der Waals surface area contributed by atoms with Crippen LogP contribution >= 0.6 is 0 Å². The van der Waals surface area contributed by atoms with Crippen LogP contribution in [0.1, 0.15) is 34.1 Å². The van der Waals surface area contributed by atoms with Crippen LogP contribution in [0.2, 0.25) is 0 Å². The van der Waals surface area contributed by atoms with Crippen molar-refractivity contribution in [3.63, 3.8) is 0 Å². The molecule has 0 spiro atoms. The fourth-order valence-corrected chi connectivity index (χ4v) is 2.23. The number of hydroxylamine groups is 2. The summed E-state index contributed by atoms with van der Waals surface area (Å²) in [6.45, 7) is 7.05. The molecule has 1 amide bonds. The van der Waals surface area contributed by atoms with Gasteiger partial charge in [0.1, 0.15) is 6.61 Å². The molecule has 5 nitrogen and oxygen atoms in total. The van der Waals surface area contributed by atoms with Crippen molar-refractivity contribution in [1.82, 2.24) is 10.4 Å². The molecule has 1 atom stereocenters. The van der Waals surface area contributed by atoms with Crippen LogP contribution in [0.3, 0.4) is 0 Å². The fraction of sp³-hybridized carbons (Fsp3) is 0.900. The first-order chi connectivity index (χ1) is 6.71. The third-order valence-electron chi connectivity index (χ3n) is 3.15. The third-order valence-corrected chi connectivity index (χ3v) is 3.15. The Kier molecular flexibility index (Phi) is 3.09. The minimum absolute atomic E-state index is 0.155. The molecule has 0 aliphatic carbocycles. The summed E-state index contributed by atoms with van der Waals surface area (Å²) in [6.07, 6.45) is 0.655. The second kappa shape index (κ2) is 3.73. The Balaban J connectivity index is 2.80. The minimum Gasteiger partial charge on any atom is -0.387 e. The van der Waals surface area contributed by atoms with Crippen LogP contribution in [0.25, 0.3) is 0 Å². The highest BCUT2D eigenvalue weighted by Crippen LogP contribution is 2.38. The number of aliphatic hydroxyl groups is 1. The summed E-state index contributed by atoms with van der Waals surface area (Å²) < 4.78 is 0. The Morgan fingerprint density at radius 2 is 2.00 bits per heavy atom. The molecular formula is C10H20N2O3. The molecular weight excluding hydrogens is 196 g/mol. The number of amides is 1. The highest BCUT2D eigenvalue weighted by atomic mass is 16.5. The first-order valence-corrected chi connectivity index (χ1v) is 5.11. The molecule has 1 saturated heterocycles. The number of carbonyl (C=O) groups excluding carboxylic acids is 1. The van der Waals surface area contributed by atoms with Gasteiger partial charge in [0, 0.05) is 5.54 Å². The van der Waals surface area contributed by atoms with E-state index in [0.29, 0.717) is 6.42 Å². The summed E-state index contributed by atoms with van der Waals surface area (Å²) in [5.41, 5.74) is -0.884. The van der Waals surface area contributed by atoms with E-state index >= 15 is 0 Å². The number of carbonyl (C=O) groups is 1. The predicted molar refractivity (Wildman–Crippen MR) is 55.4 cm³/mol. The summed E-state index contributed by atoms with van der Waals surface area (Å²) in [5, 5.41) is 22.6. The zero-order valence-corrected chi connectivity index (χ0v) is 9.74. The van der Waals surface area contributed by atoms with Crippen molar-refractivity contribution >= 4 is 5.91 Å². The molecule has 0 aromatic heterocycles. The van der Waals surface area contributed by atoms with Crippen molar-refractivity contribution in [2.24, 2.45) is 0 Å². The fourth-order valence-electron chi connectivity index (χ4n) is 2.23. The number of hydrogen-bond acceptors (Lipinski definition) is 4.